The fourth-order valence-electron chi connectivity index (χ4n) is 7.67. The number of nitrogens with zero attached hydrogens (tertiary/aromatic N) is 2. The quantitative estimate of drug-likeness (QED) is 0.277. The van der Waals surface area contributed by atoms with Crippen molar-refractivity contribution in [3.8, 4) is 0 Å². The van der Waals surface area contributed by atoms with E-state index in [9.17, 15) is 0 Å². The molecule has 0 aromatic heterocycles. The summed E-state index contributed by atoms with van der Waals surface area (Å²) in [6, 6.07) is 32.3. The van der Waals surface area contributed by atoms with E-state index in [0.717, 1.165) is 3.67 Å². The van der Waals surface area contributed by atoms with Crippen LogP contribution in [0.3, 0.4) is 0 Å². The number of rotatable bonds is 9. The van der Waals surface area contributed by atoms with Crippen LogP contribution < -0.4 is 0 Å². The third-order valence-corrected chi connectivity index (χ3v) is 16.8. The normalized spacial score (nSPS) is 20.6. The maximum absolute atomic E-state index is 2.57. The van der Waals surface area contributed by atoms with Gasteiger partial charge in [-0.05, 0) is 0 Å². The zero-order valence-corrected chi connectivity index (χ0v) is 25.2. The Morgan fingerprint density at radius 1 is 0.757 bits per heavy atom. The van der Waals surface area contributed by atoms with E-state index in [-0.39, 0.29) is 0 Å². The van der Waals surface area contributed by atoms with Gasteiger partial charge < -0.3 is 0 Å². The molecule has 5 rings (SSSR count). The molecule has 37 heavy (non-hydrogen) atoms. The molecule has 0 radical (unpaired) electrons. The Kier molecular flexibility index (Phi) is 8.64. The summed E-state index contributed by atoms with van der Waals surface area (Å²) in [4.78, 5) is 5.15. The van der Waals surface area contributed by atoms with E-state index in [1.165, 1.54) is 43.2 Å². The zero-order chi connectivity index (χ0) is 25.9. The van der Waals surface area contributed by atoms with Crippen molar-refractivity contribution >= 4 is 5.57 Å². The first kappa shape index (κ1) is 26.8. The van der Waals surface area contributed by atoms with Gasteiger partial charge in [-0.3, -0.25) is 0 Å². The molecule has 0 bridgehead atoms. The summed E-state index contributed by atoms with van der Waals surface area (Å²) in [5.41, 5.74) is 9.78. The summed E-state index contributed by atoms with van der Waals surface area (Å²) in [6.07, 6.45) is 6.45. The van der Waals surface area contributed by atoms with E-state index in [0.29, 0.717) is 13.5 Å². The second-order valence-corrected chi connectivity index (χ2v) is 16.6. The molecule has 2 aliphatic rings. The molecule has 2 nitrogen and oxygen atoms in total. The average Bonchev–Trinajstić information content (AvgIpc) is 3.23. The van der Waals surface area contributed by atoms with E-state index in [4.69, 9.17) is 0 Å². The van der Waals surface area contributed by atoms with E-state index in [1.54, 1.807) is 16.7 Å². The van der Waals surface area contributed by atoms with Crippen LogP contribution in [0.5, 0.6) is 0 Å². The van der Waals surface area contributed by atoms with Gasteiger partial charge in [-0.2, -0.15) is 0 Å². The molecule has 192 valence electrons. The SMILES string of the molecule is CCCC1C2=C(CCC[CH]2[Sc]([CH](c2ccccc2)N(C)C)[CH](c2ccccc2)N(C)C)c2ccccc21. The Morgan fingerprint density at radius 3 is 1.84 bits per heavy atom. The molecule has 0 fully saturated rings. The van der Waals surface area contributed by atoms with Gasteiger partial charge in [-0.1, -0.05) is 0 Å². The molecule has 3 heteroatoms. The third kappa shape index (κ3) is 5.24. The molecular formula is C34H43N2Sc. The summed E-state index contributed by atoms with van der Waals surface area (Å²) in [5, 5.41) is 0. The van der Waals surface area contributed by atoms with Crippen molar-refractivity contribution in [2.24, 2.45) is 0 Å². The first-order valence-electron chi connectivity index (χ1n) is 14.3. The molecule has 4 atom stereocenters. The molecule has 0 saturated carbocycles. The molecule has 3 aromatic carbocycles. The molecule has 4 unspecified atom stereocenters. The minimum atomic E-state index is -2.29. The van der Waals surface area contributed by atoms with Gasteiger partial charge in [-0.25, -0.2) is 0 Å². The number of allylic oxidation sites excluding steroid dienone is 2. The number of hydrogen-bond donors (Lipinski definition) is 0. The fourth-order valence-corrected chi connectivity index (χ4v) is 16.1. The van der Waals surface area contributed by atoms with Gasteiger partial charge in [-0.15, -0.1) is 0 Å². The Balaban J connectivity index is 1.72. The Hall–Kier alpha value is -1.81. The van der Waals surface area contributed by atoms with E-state index < -0.39 is 21.4 Å². The monoisotopic (exact) mass is 524 g/mol. The predicted molar refractivity (Wildman–Crippen MR) is 154 cm³/mol. The molecular weight excluding hydrogens is 481 g/mol. The van der Waals surface area contributed by atoms with Crippen LogP contribution in [-0.4, -0.2) is 38.0 Å². The van der Waals surface area contributed by atoms with Gasteiger partial charge in [0, 0.05) is 0 Å². The van der Waals surface area contributed by atoms with E-state index >= 15 is 0 Å². The van der Waals surface area contributed by atoms with Crippen molar-refractivity contribution in [2.75, 3.05) is 28.2 Å². The van der Waals surface area contributed by atoms with Crippen LogP contribution in [-0.2, 0) is 21.4 Å². The van der Waals surface area contributed by atoms with Gasteiger partial charge in [0.1, 0.15) is 0 Å². The number of fused-ring (bicyclic) bond motifs is 2. The molecule has 0 saturated heterocycles. The summed E-state index contributed by atoms with van der Waals surface area (Å²) >= 11 is -2.29. The number of hydrogen-bond acceptors (Lipinski definition) is 2. The molecule has 0 N–H and O–H groups in total. The standard InChI is InChI=1S/C16H19.2C9H12N.Sc/c1-2-7-12-13-8-3-5-10-15(13)16-11-6-4-9-14(12)16;2*1-10(2)8-9-6-4-3-5-7-9;/h3,5,8-10,12H,2,4,6-7,11H2,1H3;2*3-8H,1-2H3;. The van der Waals surface area contributed by atoms with Crippen molar-refractivity contribution < 1.29 is 21.4 Å². The van der Waals surface area contributed by atoms with Crippen molar-refractivity contribution in [1.82, 2.24) is 9.80 Å². The van der Waals surface area contributed by atoms with Gasteiger partial charge in [0.25, 0.3) is 0 Å². The summed E-state index contributed by atoms with van der Waals surface area (Å²) in [5.74, 6) is 0.604. The Morgan fingerprint density at radius 2 is 1.30 bits per heavy atom. The minimum absolute atomic E-state index is 0.504. The zero-order valence-electron chi connectivity index (χ0n) is 23.4. The van der Waals surface area contributed by atoms with Gasteiger partial charge in [0.2, 0.25) is 0 Å². The van der Waals surface area contributed by atoms with E-state index in [1.807, 2.05) is 5.57 Å². The first-order chi connectivity index (χ1) is 18.0. The van der Waals surface area contributed by atoms with Crippen LogP contribution in [0.15, 0.2) is 90.5 Å². The van der Waals surface area contributed by atoms with Crippen molar-refractivity contribution in [3.63, 3.8) is 0 Å². The molecule has 0 amide bonds. The van der Waals surface area contributed by atoms with Gasteiger partial charge >= 0.3 is 234 Å². The summed E-state index contributed by atoms with van der Waals surface area (Å²) in [6.45, 7) is 2.37. The molecule has 0 heterocycles. The Bertz CT molecular complexity index is 1150. The van der Waals surface area contributed by atoms with Crippen LogP contribution in [0.4, 0.5) is 0 Å². The summed E-state index contributed by atoms with van der Waals surface area (Å²) < 4.78 is 1.73. The first-order valence-corrected chi connectivity index (χ1v) is 17.4. The molecule has 2 aliphatic carbocycles. The third-order valence-electron chi connectivity index (χ3n) is 8.89. The van der Waals surface area contributed by atoms with Crippen molar-refractivity contribution in [3.05, 3.63) is 113 Å². The van der Waals surface area contributed by atoms with Crippen molar-refractivity contribution in [2.45, 2.75) is 56.2 Å². The van der Waals surface area contributed by atoms with Crippen LogP contribution in [0.2, 0.25) is 3.67 Å². The molecule has 0 aliphatic heterocycles. The molecule has 3 aromatic rings. The maximum atomic E-state index is 2.57. The van der Waals surface area contributed by atoms with Gasteiger partial charge in [0.05, 0.1) is 0 Å². The summed E-state index contributed by atoms with van der Waals surface area (Å²) in [7, 11) is 9.33. The Labute approximate surface area is 232 Å². The fraction of sp³-hybridized carbons (Fsp3) is 0.412. The molecule has 0 spiro atoms. The van der Waals surface area contributed by atoms with E-state index in [2.05, 4.69) is 130 Å². The van der Waals surface area contributed by atoms with Gasteiger partial charge in [0.15, 0.2) is 0 Å². The predicted octanol–water partition coefficient (Wildman–Crippen LogP) is 8.45. The van der Waals surface area contributed by atoms with Crippen molar-refractivity contribution in [1.29, 1.82) is 0 Å². The van der Waals surface area contributed by atoms with Crippen LogP contribution >= 0.6 is 0 Å². The van der Waals surface area contributed by atoms with Crippen LogP contribution in [0, 0.1) is 0 Å². The van der Waals surface area contributed by atoms with Crippen LogP contribution in [0.25, 0.3) is 5.57 Å². The van der Waals surface area contributed by atoms with Crippen LogP contribution in [0.1, 0.15) is 74.8 Å². The second kappa shape index (κ2) is 11.9. The average molecular weight is 525 g/mol. The number of benzene rings is 3. The topological polar surface area (TPSA) is 6.48 Å². The second-order valence-electron chi connectivity index (χ2n) is 11.6.